The van der Waals surface area contributed by atoms with Crippen LogP contribution in [0.15, 0.2) is 35.4 Å². The van der Waals surface area contributed by atoms with Crippen molar-refractivity contribution in [3.63, 3.8) is 0 Å². The molecule has 0 aromatic heterocycles. The summed E-state index contributed by atoms with van der Waals surface area (Å²) in [6.07, 6.45) is 1.57. The van der Waals surface area contributed by atoms with E-state index in [1.165, 1.54) is 9.91 Å². The highest BCUT2D eigenvalue weighted by Gasteiger charge is 2.34. The van der Waals surface area contributed by atoms with Crippen molar-refractivity contribution in [2.75, 3.05) is 13.1 Å². The normalized spacial score (nSPS) is 16.3. The van der Waals surface area contributed by atoms with Crippen molar-refractivity contribution in [2.45, 2.75) is 6.92 Å². The molecule has 0 saturated carbocycles. The Hall–Kier alpha value is -2.17. The first-order valence-corrected chi connectivity index (χ1v) is 5.43. The van der Waals surface area contributed by atoms with Gasteiger partial charge >= 0.3 is 6.03 Å². The third-order valence-corrected chi connectivity index (χ3v) is 2.50. The maximum Gasteiger partial charge on any atom is 0.347 e. The number of carbonyl (C=O) groups excluding carboxylic acids is 2. The Bertz CT molecular complexity index is 456. The molecule has 1 aliphatic heterocycles. The van der Waals surface area contributed by atoms with Crippen LogP contribution in [-0.4, -0.2) is 41.2 Å². The largest absolute Gasteiger partial charge is 0.347 e. The summed E-state index contributed by atoms with van der Waals surface area (Å²) in [4.78, 5) is 24.3. The molecule has 1 heterocycles. The fraction of sp³-hybridized carbons (Fsp3) is 0.250. The molecule has 0 N–H and O–H groups in total. The van der Waals surface area contributed by atoms with Gasteiger partial charge in [-0.25, -0.2) is 9.80 Å². The summed E-state index contributed by atoms with van der Waals surface area (Å²) < 4.78 is 0. The standard InChI is InChI=1S/C12H13N3O2/c1-2-14-11(16)9-15(12(14)17)13-8-10-6-4-3-5-7-10/h3-8H,2,9H2,1H3. The minimum absolute atomic E-state index is 0.0238. The number of amides is 3. The van der Waals surface area contributed by atoms with Gasteiger partial charge in [0.05, 0.1) is 6.21 Å². The zero-order chi connectivity index (χ0) is 12.3. The molecule has 1 aromatic rings. The Morgan fingerprint density at radius 1 is 1.29 bits per heavy atom. The van der Waals surface area contributed by atoms with Crippen molar-refractivity contribution in [2.24, 2.45) is 5.10 Å². The first kappa shape index (κ1) is 11.3. The molecule has 0 unspecified atom stereocenters. The predicted molar refractivity (Wildman–Crippen MR) is 63.5 cm³/mol. The lowest BCUT2D eigenvalue weighted by Gasteiger charge is -2.10. The third kappa shape index (κ3) is 2.33. The van der Waals surface area contributed by atoms with E-state index in [0.717, 1.165) is 5.56 Å². The molecule has 0 atom stereocenters. The summed E-state index contributed by atoms with van der Waals surface area (Å²) in [5.74, 6) is -0.206. The van der Waals surface area contributed by atoms with Gasteiger partial charge in [0.25, 0.3) is 5.91 Å². The summed E-state index contributed by atoms with van der Waals surface area (Å²) in [6, 6.07) is 9.07. The maximum absolute atomic E-state index is 11.7. The van der Waals surface area contributed by atoms with E-state index in [4.69, 9.17) is 0 Å². The zero-order valence-corrected chi connectivity index (χ0v) is 9.54. The Morgan fingerprint density at radius 3 is 2.59 bits per heavy atom. The molecule has 0 aliphatic carbocycles. The minimum Gasteiger partial charge on any atom is -0.272 e. The van der Waals surface area contributed by atoms with Gasteiger partial charge in [0.2, 0.25) is 0 Å². The second-order valence-corrected chi connectivity index (χ2v) is 3.63. The number of hydrogen-bond acceptors (Lipinski definition) is 3. The van der Waals surface area contributed by atoms with Gasteiger partial charge in [-0.1, -0.05) is 30.3 Å². The highest BCUT2D eigenvalue weighted by atomic mass is 16.2. The number of nitrogens with zero attached hydrogens (tertiary/aromatic N) is 3. The molecule has 88 valence electrons. The van der Waals surface area contributed by atoms with Gasteiger partial charge in [0.15, 0.2) is 0 Å². The molecule has 0 bridgehead atoms. The molecule has 17 heavy (non-hydrogen) atoms. The van der Waals surface area contributed by atoms with E-state index in [1.54, 1.807) is 13.1 Å². The molecule has 5 heteroatoms. The Kier molecular flexibility index (Phi) is 3.18. The van der Waals surface area contributed by atoms with Crippen LogP contribution in [0.4, 0.5) is 4.79 Å². The van der Waals surface area contributed by atoms with Gasteiger partial charge in [-0.15, -0.1) is 0 Å². The fourth-order valence-electron chi connectivity index (χ4n) is 1.60. The predicted octanol–water partition coefficient (Wildman–Crippen LogP) is 1.30. The van der Waals surface area contributed by atoms with Crippen LogP contribution in [0, 0.1) is 0 Å². The number of carbonyl (C=O) groups is 2. The van der Waals surface area contributed by atoms with E-state index in [9.17, 15) is 9.59 Å². The molecule has 1 aliphatic rings. The molecule has 1 fully saturated rings. The molecule has 5 nitrogen and oxygen atoms in total. The van der Waals surface area contributed by atoms with Gasteiger partial charge in [-0.2, -0.15) is 5.10 Å². The van der Waals surface area contributed by atoms with E-state index in [0.29, 0.717) is 6.54 Å². The van der Waals surface area contributed by atoms with Gasteiger partial charge in [0.1, 0.15) is 6.54 Å². The summed E-state index contributed by atoms with van der Waals surface area (Å²) in [6.45, 7) is 2.17. The Labute approximate surface area is 99.3 Å². The zero-order valence-electron chi connectivity index (χ0n) is 9.54. The van der Waals surface area contributed by atoms with E-state index in [-0.39, 0.29) is 18.5 Å². The SMILES string of the molecule is CCN1C(=O)CN(N=Cc2ccccc2)C1=O. The van der Waals surface area contributed by atoms with Crippen LogP contribution in [0.25, 0.3) is 0 Å². The van der Waals surface area contributed by atoms with Gasteiger partial charge < -0.3 is 0 Å². The van der Waals surface area contributed by atoms with Crippen LogP contribution in [0.3, 0.4) is 0 Å². The number of likely N-dealkylation sites (N-methyl/N-ethyl adjacent to an activating group) is 1. The molecular formula is C12H13N3O2. The summed E-state index contributed by atoms with van der Waals surface area (Å²) >= 11 is 0. The van der Waals surface area contributed by atoms with Crippen molar-refractivity contribution < 1.29 is 9.59 Å². The Balaban J connectivity index is 2.08. The number of imide groups is 1. The molecule has 2 rings (SSSR count). The third-order valence-electron chi connectivity index (χ3n) is 2.50. The second kappa shape index (κ2) is 4.78. The van der Waals surface area contributed by atoms with E-state index >= 15 is 0 Å². The van der Waals surface area contributed by atoms with Crippen LogP contribution in [-0.2, 0) is 4.79 Å². The number of hydrogen-bond donors (Lipinski definition) is 0. The van der Waals surface area contributed by atoms with Crippen LogP contribution in [0.2, 0.25) is 0 Å². The molecule has 1 saturated heterocycles. The van der Waals surface area contributed by atoms with Crippen LogP contribution in [0.5, 0.6) is 0 Å². The van der Waals surface area contributed by atoms with E-state index in [1.807, 2.05) is 30.3 Å². The van der Waals surface area contributed by atoms with Crippen molar-refractivity contribution in [3.8, 4) is 0 Å². The number of urea groups is 1. The average Bonchev–Trinajstić information content (AvgIpc) is 2.63. The lowest BCUT2D eigenvalue weighted by molar-refractivity contribution is -0.125. The van der Waals surface area contributed by atoms with Crippen molar-refractivity contribution in [1.82, 2.24) is 9.91 Å². The van der Waals surface area contributed by atoms with Crippen LogP contribution in [0.1, 0.15) is 12.5 Å². The van der Waals surface area contributed by atoms with Crippen molar-refractivity contribution in [3.05, 3.63) is 35.9 Å². The smallest absolute Gasteiger partial charge is 0.272 e. The van der Waals surface area contributed by atoms with Crippen molar-refractivity contribution >= 4 is 18.2 Å². The molecular weight excluding hydrogens is 218 g/mol. The van der Waals surface area contributed by atoms with Gasteiger partial charge in [0, 0.05) is 6.54 Å². The summed E-state index contributed by atoms with van der Waals surface area (Å²) in [7, 11) is 0. The number of hydrazone groups is 1. The topological polar surface area (TPSA) is 53.0 Å². The highest BCUT2D eigenvalue weighted by Crippen LogP contribution is 2.10. The van der Waals surface area contributed by atoms with Crippen LogP contribution >= 0.6 is 0 Å². The quantitative estimate of drug-likeness (QED) is 0.581. The number of rotatable bonds is 3. The first-order valence-electron chi connectivity index (χ1n) is 5.43. The fourth-order valence-corrected chi connectivity index (χ4v) is 1.60. The second-order valence-electron chi connectivity index (χ2n) is 3.63. The molecule has 3 amide bonds. The Morgan fingerprint density at radius 2 is 2.00 bits per heavy atom. The van der Waals surface area contributed by atoms with E-state index in [2.05, 4.69) is 5.10 Å². The summed E-state index contributed by atoms with van der Waals surface area (Å²) in [5.41, 5.74) is 0.891. The maximum atomic E-state index is 11.7. The molecule has 0 radical (unpaired) electrons. The van der Waals surface area contributed by atoms with Crippen molar-refractivity contribution in [1.29, 1.82) is 0 Å². The summed E-state index contributed by atoms with van der Waals surface area (Å²) in [5, 5.41) is 5.20. The van der Waals surface area contributed by atoms with Crippen LogP contribution < -0.4 is 0 Å². The first-order chi connectivity index (χ1) is 8.22. The highest BCUT2D eigenvalue weighted by molar-refractivity contribution is 6.02. The average molecular weight is 231 g/mol. The molecule has 0 spiro atoms. The lowest BCUT2D eigenvalue weighted by atomic mass is 10.2. The van der Waals surface area contributed by atoms with E-state index < -0.39 is 0 Å². The van der Waals surface area contributed by atoms with Gasteiger partial charge in [-0.3, -0.25) is 9.69 Å². The minimum atomic E-state index is -0.357. The number of benzene rings is 1. The monoisotopic (exact) mass is 231 g/mol. The van der Waals surface area contributed by atoms with Gasteiger partial charge in [-0.05, 0) is 12.5 Å². The molecule has 1 aromatic carbocycles. The lowest BCUT2D eigenvalue weighted by Crippen LogP contribution is -2.30.